The third-order valence-corrected chi connectivity index (χ3v) is 6.19. The van der Waals surface area contributed by atoms with Gasteiger partial charge in [-0.25, -0.2) is 9.48 Å². The smallest absolute Gasteiger partial charge is 0.320 e. The van der Waals surface area contributed by atoms with E-state index in [4.69, 9.17) is 9.84 Å². The molecule has 0 unspecified atom stereocenters. The maximum Gasteiger partial charge on any atom is 0.320 e. The molecular formula is C24H27N5O2. The van der Waals surface area contributed by atoms with Crippen molar-refractivity contribution in [2.24, 2.45) is 0 Å². The number of fused-ring (bicyclic) bond motifs is 1. The number of hydrogen-bond donors (Lipinski definition) is 3. The highest BCUT2D eigenvalue weighted by Crippen LogP contribution is 2.31. The van der Waals surface area contributed by atoms with E-state index in [1.54, 1.807) is 7.11 Å². The number of ether oxygens (including phenoxy) is 1. The van der Waals surface area contributed by atoms with Crippen LogP contribution in [0.5, 0.6) is 5.75 Å². The Labute approximate surface area is 181 Å². The van der Waals surface area contributed by atoms with E-state index in [-0.39, 0.29) is 18.0 Å². The van der Waals surface area contributed by atoms with E-state index >= 15 is 0 Å². The van der Waals surface area contributed by atoms with Gasteiger partial charge in [0, 0.05) is 24.6 Å². The summed E-state index contributed by atoms with van der Waals surface area (Å²) in [6.45, 7) is 1.54. The van der Waals surface area contributed by atoms with Gasteiger partial charge in [-0.1, -0.05) is 30.3 Å². The van der Waals surface area contributed by atoms with Gasteiger partial charge >= 0.3 is 6.03 Å². The van der Waals surface area contributed by atoms with Crippen LogP contribution < -0.4 is 20.7 Å². The SMILES string of the molecule is COc1cccc([C@H]2CNC[C@@H]2NC(=O)Nc2c3c(nn2-c2ccccc2)CCC3)c1. The number of rotatable bonds is 5. The van der Waals surface area contributed by atoms with Gasteiger partial charge in [-0.15, -0.1) is 0 Å². The monoisotopic (exact) mass is 417 g/mol. The molecule has 2 amide bonds. The average molecular weight is 418 g/mol. The Bertz CT molecular complexity index is 1080. The number of carbonyl (C=O) groups excluding carboxylic acids is 1. The van der Waals surface area contributed by atoms with Crippen molar-refractivity contribution in [3.05, 3.63) is 71.4 Å². The molecule has 0 bridgehead atoms. The first-order valence-corrected chi connectivity index (χ1v) is 10.8. The first-order valence-electron chi connectivity index (χ1n) is 10.8. The van der Waals surface area contributed by atoms with Crippen molar-refractivity contribution >= 4 is 11.8 Å². The molecule has 7 nitrogen and oxygen atoms in total. The molecule has 2 aliphatic rings. The molecule has 31 heavy (non-hydrogen) atoms. The van der Waals surface area contributed by atoms with Gasteiger partial charge < -0.3 is 15.4 Å². The Kier molecular flexibility index (Phi) is 5.34. The number of aryl methyl sites for hydroxylation is 1. The maximum atomic E-state index is 13.0. The highest BCUT2D eigenvalue weighted by atomic mass is 16.5. The van der Waals surface area contributed by atoms with Crippen LogP contribution in [0.2, 0.25) is 0 Å². The van der Waals surface area contributed by atoms with E-state index < -0.39 is 0 Å². The summed E-state index contributed by atoms with van der Waals surface area (Å²) in [4.78, 5) is 13.0. The molecule has 1 aliphatic carbocycles. The topological polar surface area (TPSA) is 80.2 Å². The highest BCUT2D eigenvalue weighted by molar-refractivity contribution is 5.90. The Hall–Kier alpha value is -3.32. The van der Waals surface area contributed by atoms with Gasteiger partial charge in [0.1, 0.15) is 11.6 Å². The fraction of sp³-hybridized carbons (Fsp3) is 0.333. The number of nitrogens with zero attached hydrogens (tertiary/aromatic N) is 2. The van der Waals surface area contributed by atoms with Gasteiger partial charge in [0.2, 0.25) is 0 Å². The number of methoxy groups -OCH3 is 1. The number of carbonyl (C=O) groups is 1. The molecule has 0 saturated carbocycles. The van der Waals surface area contributed by atoms with Gasteiger partial charge in [0.15, 0.2) is 0 Å². The summed E-state index contributed by atoms with van der Waals surface area (Å²) in [6, 6.07) is 17.8. The first-order chi connectivity index (χ1) is 15.2. The number of anilines is 1. The lowest BCUT2D eigenvalue weighted by Gasteiger charge is -2.21. The van der Waals surface area contributed by atoms with Crippen LogP contribution in [0.15, 0.2) is 54.6 Å². The van der Waals surface area contributed by atoms with Crippen molar-refractivity contribution < 1.29 is 9.53 Å². The predicted molar refractivity (Wildman–Crippen MR) is 120 cm³/mol. The molecule has 1 aliphatic heterocycles. The van der Waals surface area contributed by atoms with E-state index in [0.717, 1.165) is 66.4 Å². The molecule has 1 aromatic heterocycles. The Morgan fingerprint density at radius 2 is 2.00 bits per heavy atom. The lowest BCUT2D eigenvalue weighted by atomic mass is 9.94. The third kappa shape index (κ3) is 3.88. The molecule has 0 radical (unpaired) electrons. The van der Waals surface area contributed by atoms with Crippen LogP contribution in [0.3, 0.4) is 0 Å². The van der Waals surface area contributed by atoms with Crippen LogP contribution in [0.25, 0.3) is 5.69 Å². The molecule has 2 aromatic carbocycles. The lowest BCUT2D eigenvalue weighted by molar-refractivity contribution is 0.248. The number of para-hydroxylation sites is 1. The summed E-state index contributed by atoms with van der Waals surface area (Å²) in [5, 5.41) is 14.5. The average Bonchev–Trinajstić information content (AvgIpc) is 3.52. The van der Waals surface area contributed by atoms with Gasteiger partial charge in [-0.05, 0) is 49.1 Å². The summed E-state index contributed by atoms with van der Waals surface area (Å²) in [5.41, 5.74) is 4.33. The van der Waals surface area contributed by atoms with Crippen molar-refractivity contribution in [2.45, 2.75) is 31.2 Å². The number of benzene rings is 2. The van der Waals surface area contributed by atoms with Crippen molar-refractivity contribution in [1.82, 2.24) is 20.4 Å². The van der Waals surface area contributed by atoms with Gasteiger partial charge in [-0.3, -0.25) is 5.32 Å². The van der Waals surface area contributed by atoms with E-state index in [2.05, 4.69) is 22.0 Å². The largest absolute Gasteiger partial charge is 0.497 e. The standard InChI is InChI=1S/C24H27N5O2/c1-31-18-10-5-7-16(13-18)20-14-25-15-22(20)26-24(30)27-23-19-11-6-12-21(19)28-29(23)17-8-3-2-4-9-17/h2-5,7-10,13,20,22,25H,6,11-12,14-15H2,1H3,(H2,26,27,30)/t20-,22+/m1/s1. The van der Waals surface area contributed by atoms with Crippen LogP contribution in [0.4, 0.5) is 10.6 Å². The van der Waals surface area contributed by atoms with Gasteiger partial charge in [0.05, 0.1) is 24.5 Å². The first kappa shape index (κ1) is 19.6. The summed E-state index contributed by atoms with van der Waals surface area (Å²) < 4.78 is 7.23. The number of amides is 2. The molecule has 3 aromatic rings. The summed E-state index contributed by atoms with van der Waals surface area (Å²) in [6.07, 6.45) is 2.97. The quantitative estimate of drug-likeness (QED) is 0.595. The van der Waals surface area contributed by atoms with Gasteiger partial charge in [0.25, 0.3) is 0 Å². The van der Waals surface area contributed by atoms with E-state index in [0.29, 0.717) is 0 Å². The summed E-state index contributed by atoms with van der Waals surface area (Å²) in [7, 11) is 1.67. The van der Waals surface area contributed by atoms with Crippen LogP contribution in [-0.2, 0) is 12.8 Å². The molecule has 1 saturated heterocycles. The molecule has 2 atom stereocenters. The van der Waals surface area contributed by atoms with Crippen molar-refractivity contribution in [1.29, 1.82) is 0 Å². The maximum absolute atomic E-state index is 13.0. The molecule has 2 heterocycles. The minimum absolute atomic E-state index is 0.00625. The Morgan fingerprint density at radius 3 is 2.84 bits per heavy atom. The summed E-state index contributed by atoms with van der Waals surface area (Å²) in [5.74, 6) is 1.79. The second-order valence-corrected chi connectivity index (χ2v) is 8.12. The normalized spacial score (nSPS) is 19.8. The minimum Gasteiger partial charge on any atom is -0.497 e. The Morgan fingerprint density at radius 1 is 1.13 bits per heavy atom. The minimum atomic E-state index is -0.201. The molecule has 160 valence electrons. The fourth-order valence-corrected chi connectivity index (χ4v) is 4.64. The van der Waals surface area contributed by atoms with Crippen LogP contribution in [0.1, 0.15) is 29.2 Å². The van der Waals surface area contributed by atoms with E-state index in [1.165, 1.54) is 0 Å². The van der Waals surface area contributed by atoms with E-state index in [1.807, 2.05) is 53.2 Å². The number of hydrogen-bond acceptors (Lipinski definition) is 4. The highest BCUT2D eigenvalue weighted by Gasteiger charge is 2.31. The molecule has 3 N–H and O–H groups in total. The molecule has 1 fully saturated rings. The van der Waals surface area contributed by atoms with Crippen LogP contribution in [0, 0.1) is 0 Å². The number of nitrogens with one attached hydrogen (secondary N) is 3. The number of aromatic nitrogens is 2. The third-order valence-electron chi connectivity index (χ3n) is 6.19. The zero-order valence-corrected chi connectivity index (χ0v) is 17.6. The zero-order chi connectivity index (χ0) is 21.2. The van der Waals surface area contributed by atoms with Crippen LogP contribution in [-0.4, -0.2) is 42.1 Å². The fourth-order valence-electron chi connectivity index (χ4n) is 4.64. The lowest BCUT2D eigenvalue weighted by Crippen LogP contribution is -2.42. The second-order valence-electron chi connectivity index (χ2n) is 8.12. The number of urea groups is 1. The van der Waals surface area contributed by atoms with Crippen molar-refractivity contribution in [3.63, 3.8) is 0 Å². The van der Waals surface area contributed by atoms with Crippen LogP contribution >= 0.6 is 0 Å². The molecule has 7 heteroatoms. The van der Waals surface area contributed by atoms with Gasteiger partial charge in [-0.2, -0.15) is 5.10 Å². The molecule has 0 spiro atoms. The van der Waals surface area contributed by atoms with Crippen molar-refractivity contribution in [3.8, 4) is 11.4 Å². The Balaban J connectivity index is 1.35. The van der Waals surface area contributed by atoms with E-state index in [9.17, 15) is 4.79 Å². The van der Waals surface area contributed by atoms with Crippen molar-refractivity contribution in [2.75, 3.05) is 25.5 Å². The molecular weight excluding hydrogens is 390 g/mol. The zero-order valence-electron chi connectivity index (χ0n) is 17.6. The predicted octanol–water partition coefficient (Wildman–Crippen LogP) is 3.25. The molecule has 5 rings (SSSR count). The second kappa shape index (κ2) is 8.43. The summed E-state index contributed by atoms with van der Waals surface area (Å²) >= 11 is 0.